The van der Waals surface area contributed by atoms with Crippen LogP contribution in [0.15, 0.2) is 18.2 Å². The number of anilines is 1. The van der Waals surface area contributed by atoms with Crippen molar-refractivity contribution >= 4 is 5.82 Å². The van der Waals surface area contributed by atoms with Gasteiger partial charge in [-0.25, -0.2) is 4.68 Å². The van der Waals surface area contributed by atoms with E-state index >= 15 is 0 Å². The van der Waals surface area contributed by atoms with Crippen LogP contribution in [-0.4, -0.2) is 15.0 Å². The van der Waals surface area contributed by atoms with E-state index in [0.717, 1.165) is 11.4 Å². The summed E-state index contributed by atoms with van der Waals surface area (Å²) in [6.45, 7) is 6.03. The summed E-state index contributed by atoms with van der Waals surface area (Å²) in [5.41, 5.74) is 9.96. The molecule has 1 heterocycles. The van der Waals surface area contributed by atoms with Crippen LogP contribution in [0, 0.1) is 20.8 Å². The highest BCUT2D eigenvalue weighted by atomic mass is 15.4. The Morgan fingerprint density at radius 2 is 1.67 bits per heavy atom. The minimum absolute atomic E-state index is 0.481. The van der Waals surface area contributed by atoms with Crippen molar-refractivity contribution in [1.82, 2.24) is 15.0 Å². The highest BCUT2D eigenvalue weighted by molar-refractivity contribution is 5.43. The average molecular weight is 202 g/mol. The molecule has 1 aromatic heterocycles. The normalized spacial score (nSPS) is 10.6. The maximum absolute atomic E-state index is 5.66. The van der Waals surface area contributed by atoms with Gasteiger partial charge in [-0.05, 0) is 44.0 Å². The first kappa shape index (κ1) is 9.71. The summed E-state index contributed by atoms with van der Waals surface area (Å²) >= 11 is 0. The fourth-order valence-electron chi connectivity index (χ4n) is 1.66. The van der Waals surface area contributed by atoms with Gasteiger partial charge in [-0.15, -0.1) is 5.10 Å². The van der Waals surface area contributed by atoms with Gasteiger partial charge in [0.25, 0.3) is 0 Å². The molecule has 2 rings (SSSR count). The first-order valence-electron chi connectivity index (χ1n) is 4.84. The van der Waals surface area contributed by atoms with Crippen LogP contribution < -0.4 is 5.73 Å². The van der Waals surface area contributed by atoms with Gasteiger partial charge in [0.1, 0.15) is 0 Å². The van der Waals surface area contributed by atoms with Crippen LogP contribution in [-0.2, 0) is 0 Å². The van der Waals surface area contributed by atoms with Gasteiger partial charge in [0, 0.05) is 0 Å². The van der Waals surface area contributed by atoms with E-state index in [0.29, 0.717) is 5.82 Å². The predicted molar refractivity (Wildman–Crippen MR) is 60.0 cm³/mol. The Bertz CT molecular complexity index is 479. The zero-order chi connectivity index (χ0) is 11.0. The van der Waals surface area contributed by atoms with Crippen LogP contribution in [0.25, 0.3) is 5.69 Å². The molecule has 0 atom stereocenters. The number of nitrogen functional groups attached to an aromatic ring is 1. The van der Waals surface area contributed by atoms with E-state index < -0.39 is 0 Å². The lowest BCUT2D eigenvalue weighted by Gasteiger charge is -2.05. The van der Waals surface area contributed by atoms with Gasteiger partial charge in [0.2, 0.25) is 0 Å². The van der Waals surface area contributed by atoms with Crippen LogP contribution in [0.3, 0.4) is 0 Å². The number of benzene rings is 1. The molecule has 0 saturated carbocycles. The molecule has 0 fully saturated rings. The lowest BCUT2D eigenvalue weighted by atomic mass is 10.1. The Labute approximate surface area is 88.7 Å². The average Bonchev–Trinajstić information content (AvgIpc) is 2.46. The van der Waals surface area contributed by atoms with Crippen molar-refractivity contribution in [3.63, 3.8) is 0 Å². The van der Waals surface area contributed by atoms with Crippen molar-refractivity contribution in [2.24, 2.45) is 0 Å². The second-order valence-electron chi connectivity index (χ2n) is 3.82. The standard InChI is InChI=1S/C11H14N4/c1-7-4-8(2)6-10(5-7)15-9(3)11(12)13-14-15/h4-6H,12H2,1-3H3. The highest BCUT2D eigenvalue weighted by Crippen LogP contribution is 2.16. The van der Waals surface area contributed by atoms with E-state index in [1.165, 1.54) is 11.1 Å². The molecule has 2 N–H and O–H groups in total. The third-order valence-corrected chi connectivity index (χ3v) is 2.38. The van der Waals surface area contributed by atoms with Crippen LogP contribution in [0.2, 0.25) is 0 Å². The number of aryl methyl sites for hydroxylation is 2. The number of hydrogen-bond acceptors (Lipinski definition) is 3. The summed E-state index contributed by atoms with van der Waals surface area (Å²) in [7, 11) is 0. The molecule has 1 aromatic carbocycles. The van der Waals surface area contributed by atoms with Crippen LogP contribution in [0.4, 0.5) is 5.82 Å². The third-order valence-electron chi connectivity index (χ3n) is 2.38. The van der Waals surface area contributed by atoms with E-state index in [4.69, 9.17) is 5.73 Å². The molecule has 78 valence electrons. The smallest absolute Gasteiger partial charge is 0.169 e. The number of nitrogens with two attached hydrogens (primary N) is 1. The largest absolute Gasteiger partial charge is 0.381 e. The molecule has 0 saturated heterocycles. The zero-order valence-corrected chi connectivity index (χ0v) is 9.15. The molecular weight excluding hydrogens is 188 g/mol. The van der Waals surface area contributed by atoms with Crippen LogP contribution in [0.1, 0.15) is 16.8 Å². The molecular formula is C11H14N4. The molecule has 0 radical (unpaired) electrons. The van der Waals surface area contributed by atoms with Crippen molar-refractivity contribution in [2.45, 2.75) is 20.8 Å². The van der Waals surface area contributed by atoms with E-state index in [1.54, 1.807) is 4.68 Å². The van der Waals surface area contributed by atoms with Crippen molar-refractivity contribution in [3.05, 3.63) is 35.0 Å². The SMILES string of the molecule is Cc1cc(C)cc(-n2nnc(N)c2C)c1. The summed E-state index contributed by atoms with van der Waals surface area (Å²) in [6.07, 6.45) is 0. The van der Waals surface area contributed by atoms with Gasteiger partial charge in [0.05, 0.1) is 11.4 Å². The lowest BCUT2D eigenvalue weighted by molar-refractivity contribution is 0.784. The first-order chi connectivity index (χ1) is 7.08. The molecule has 0 bridgehead atoms. The fraction of sp³-hybridized carbons (Fsp3) is 0.273. The molecule has 0 unspecified atom stereocenters. The van der Waals surface area contributed by atoms with Gasteiger partial charge in [0.15, 0.2) is 5.82 Å². The number of hydrogen-bond donors (Lipinski definition) is 1. The predicted octanol–water partition coefficient (Wildman–Crippen LogP) is 1.77. The number of nitrogens with zero attached hydrogens (tertiary/aromatic N) is 3. The fourth-order valence-corrected chi connectivity index (χ4v) is 1.66. The van der Waals surface area contributed by atoms with E-state index in [1.807, 2.05) is 6.92 Å². The third kappa shape index (κ3) is 1.70. The first-order valence-corrected chi connectivity index (χ1v) is 4.84. The minimum Gasteiger partial charge on any atom is -0.381 e. The summed E-state index contributed by atoms with van der Waals surface area (Å²) in [5.74, 6) is 0.481. The van der Waals surface area contributed by atoms with E-state index in [9.17, 15) is 0 Å². The van der Waals surface area contributed by atoms with Crippen molar-refractivity contribution < 1.29 is 0 Å². The van der Waals surface area contributed by atoms with Crippen molar-refractivity contribution in [1.29, 1.82) is 0 Å². The van der Waals surface area contributed by atoms with Gasteiger partial charge in [-0.3, -0.25) is 0 Å². The Kier molecular flexibility index (Phi) is 2.19. The van der Waals surface area contributed by atoms with E-state index in [-0.39, 0.29) is 0 Å². The molecule has 4 nitrogen and oxygen atoms in total. The second-order valence-corrected chi connectivity index (χ2v) is 3.82. The van der Waals surface area contributed by atoms with Crippen LogP contribution in [0.5, 0.6) is 0 Å². The quantitative estimate of drug-likeness (QED) is 0.766. The Morgan fingerprint density at radius 3 is 2.13 bits per heavy atom. The minimum atomic E-state index is 0.481. The molecule has 0 amide bonds. The Balaban J connectivity index is 2.58. The summed E-state index contributed by atoms with van der Waals surface area (Å²) < 4.78 is 1.76. The number of rotatable bonds is 1. The summed E-state index contributed by atoms with van der Waals surface area (Å²) in [4.78, 5) is 0. The molecule has 2 aromatic rings. The van der Waals surface area contributed by atoms with Gasteiger partial charge < -0.3 is 5.73 Å². The van der Waals surface area contributed by atoms with Gasteiger partial charge in [-0.1, -0.05) is 11.3 Å². The molecule has 0 aliphatic heterocycles. The zero-order valence-electron chi connectivity index (χ0n) is 9.15. The molecule has 15 heavy (non-hydrogen) atoms. The monoisotopic (exact) mass is 202 g/mol. The summed E-state index contributed by atoms with van der Waals surface area (Å²) in [5, 5.41) is 7.85. The van der Waals surface area contributed by atoms with Gasteiger partial charge >= 0.3 is 0 Å². The number of aromatic nitrogens is 3. The lowest BCUT2D eigenvalue weighted by Crippen LogP contribution is -2.00. The summed E-state index contributed by atoms with van der Waals surface area (Å²) in [6, 6.07) is 6.25. The Morgan fingerprint density at radius 1 is 1.07 bits per heavy atom. The molecule has 0 aliphatic rings. The maximum Gasteiger partial charge on any atom is 0.169 e. The van der Waals surface area contributed by atoms with E-state index in [2.05, 4.69) is 42.4 Å². The maximum atomic E-state index is 5.66. The highest BCUT2D eigenvalue weighted by Gasteiger charge is 2.07. The van der Waals surface area contributed by atoms with Crippen molar-refractivity contribution in [3.8, 4) is 5.69 Å². The Hall–Kier alpha value is -1.84. The van der Waals surface area contributed by atoms with Crippen molar-refractivity contribution in [2.75, 3.05) is 5.73 Å². The molecule has 4 heteroatoms. The topological polar surface area (TPSA) is 56.7 Å². The van der Waals surface area contributed by atoms with Crippen LogP contribution >= 0.6 is 0 Å². The van der Waals surface area contributed by atoms with Gasteiger partial charge in [-0.2, -0.15) is 0 Å². The molecule has 0 spiro atoms. The molecule has 0 aliphatic carbocycles. The second kappa shape index (κ2) is 3.38.